The van der Waals surface area contributed by atoms with E-state index in [4.69, 9.17) is 0 Å². The number of sulfonamides is 1. The molecule has 1 N–H and O–H groups in total. The Morgan fingerprint density at radius 1 is 1.13 bits per heavy atom. The number of carbonyl (C=O) groups is 1. The maximum atomic E-state index is 12.9. The summed E-state index contributed by atoms with van der Waals surface area (Å²) in [6.45, 7) is 4.82. The molecule has 0 aliphatic carbocycles. The van der Waals surface area contributed by atoms with Crippen molar-refractivity contribution in [2.24, 2.45) is 5.92 Å². The van der Waals surface area contributed by atoms with Crippen molar-refractivity contribution in [3.8, 4) is 0 Å². The van der Waals surface area contributed by atoms with Crippen LogP contribution in [-0.2, 0) is 27.7 Å². The molecule has 1 amide bonds. The zero-order valence-corrected chi connectivity index (χ0v) is 18.7. The van der Waals surface area contributed by atoms with Crippen LogP contribution in [-0.4, -0.2) is 37.5 Å². The molecule has 30 heavy (non-hydrogen) atoms. The van der Waals surface area contributed by atoms with Crippen molar-refractivity contribution in [2.45, 2.75) is 46.0 Å². The van der Waals surface area contributed by atoms with Crippen molar-refractivity contribution in [1.29, 1.82) is 0 Å². The van der Waals surface area contributed by atoms with Crippen molar-refractivity contribution >= 4 is 21.6 Å². The van der Waals surface area contributed by atoms with Crippen LogP contribution >= 0.6 is 0 Å². The van der Waals surface area contributed by atoms with E-state index in [1.807, 2.05) is 55.5 Å². The molecule has 1 aliphatic heterocycles. The third kappa shape index (κ3) is 5.70. The fourth-order valence-corrected chi connectivity index (χ4v) is 5.65. The van der Waals surface area contributed by atoms with E-state index in [1.165, 1.54) is 4.31 Å². The number of amides is 1. The molecule has 2 aromatic rings. The summed E-state index contributed by atoms with van der Waals surface area (Å²) in [7, 11) is -3.36. The van der Waals surface area contributed by atoms with E-state index in [1.54, 1.807) is 0 Å². The van der Waals surface area contributed by atoms with Gasteiger partial charge in [0.1, 0.15) is 0 Å². The minimum absolute atomic E-state index is 0.0804. The highest BCUT2D eigenvalue weighted by Gasteiger charge is 2.32. The van der Waals surface area contributed by atoms with Gasteiger partial charge in [-0.3, -0.25) is 4.79 Å². The first-order chi connectivity index (χ1) is 14.4. The first-order valence-corrected chi connectivity index (χ1v) is 12.4. The molecule has 1 aliphatic rings. The minimum atomic E-state index is -3.36. The van der Waals surface area contributed by atoms with Crippen LogP contribution in [0, 0.1) is 12.8 Å². The summed E-state index contributed by atoms with van der Waals surface area (Å²) in [6.07, 6.45) is 3.59. The average Bonchev–Trinajstić information content (AvgIpc) is 2.76. The summed E-state index contributed by atoms with van der Waals surface area (Å²) < 4.78 is 27.2. The lowest BCUT2D eigenvalue weighted by atomic mass is 9.98. The Bertz CT molecular complexity index is 958. The quantitative estimate of drug-likeness (QED) is 0.686. The highest BCUT2D eigenvalue weighted by atomic mass is 32.2. The second-order valence-corrected chi connectivity index (χ2v) is 10.1. The number of hydrogen-bond acceptors (Lipinski definition) is 3. The van der Waals surface area contributed by atoms with Crippen LogP contribution in [0.1, 0.15) is 42.9 Å². The molecule has 1 fully saturated rings. The fourth-order valence-electron chi connectivity index (χ4n) is 4.07. The first kappa shape index (κ1) is 22.5. The SMILES string of the molecule is CCc1cccc(C)c1NC(=O)[C@H]1CCCN(S(=O)(=O)CCCc2ccccc2)C1. The van der Waals surface area contributed by atoms with Gasteiger partial charge in [-0.2, -0.15) is 0 Å². The fraction of sp³-hybridized carbons (Fsp3) is 0.458. The number of nitrogens with one attached hydrogen (secondary N) is 1. The van der Waals surface area contributed by atoms with Gasteiger partial charge in [-0.15, -0.1) is 0 Å². The molecule has 2 aromatic carbocycles. The van der Waals surface area contributed by atoms with Crippen LogP contribution in [0.15, 0.2) is 48.5 Å². The Kier molecular flexibility index (Phi) is 7.67. The summed E-state index contributed by atoms with van der Waals surface area (Å²) in [5.41, 5.74) is 4.15. The second kappa shape index (κ2) is 10.2. The largest absolute Gasteiger partial charge is 0.325 e. The Hall–Kier alpha value is -2.18. The van der Waals surface area contributed by atoms with Gasteiger partial charge in [0.2, 0.25) is 15.9 Å². The minimum Gasteiger partial charge on any atom is -0.325 e. The number of para-hydroxylation sites is 1. The van der Waals surface area contributed by atoms with E-state index in [0.717, 1.165) is 41.6 Å². The molecule has 5 nitrogen and oxygen atoms in total. The van der Waals surface area contributed by atoms with Crippen LogP contribution in [0.5, 0.6) is 0 Å². The summed E-state index contributed by atoms with van der Waals surface area (Å²) in [6, 6.07) is 15.9. The van der Waals surface area contributed by atoms with Crippen molar-refractivity contribution in [3.05, 3.63) is 65.2 Å². The maximum Gasteiger partial charge on any atom is 0.228 e. The van der Waals surface area contributed by atoms with Crippen LogP contribution in [0.4, 0.5) is 5.69 Å². The Labute approximate surface area is 180 Å². The van der Waals surface area contributed by atoms with E-state index >= 15 is 0 Å². The third-order valence-corrected chi connectivity index (χ3v) is 7.77. The molecule has 1 atom stereocenters. The van der Waals surface area contributed by atoms with Crippen LogP contribution in [0.2, 0.25) is 0 Å². The standard InChI is InChI=1S/C24H32N2O3S/c1-3-21-14-7-10-19(2)23(21)25-24(27)22-15-8-16-26(18-22)30(28,29)17-9-13-20-11-5-4-6-12-20/h4-7,10-12,14,22H,3,8-9,13,15-18H2,1-2H3,(H,25,27)/t22-/m0/s1. The van der Waals surface area contributed by atoms with E-state index in [2.05, 4.69) is 12.2 Å². The van der Waals surface area contributed by atoms with Gasteiger partial charge in [-0.05, 0) is 55.7 Å². The first-order valence-electron chi connectivity index (χ1n) is 10.8. The van der Waals surface area contributed by atoms with Gasteiger partial charge < -0.3 is 5.32 Å². The van der Waals surface area contributed by atoms with Crippen LogP contribution in [0.3, 0.4) is 0 Å². The number of benzene rings is 2. The van der Waals surface area contributed by atoms with E-state index in [9.17, 15) is 13.2 Å². The number of nitrogens with zero attached hydrogens (tertiary/aromatic N) is 1. The molecule has 0 saturated carbocycles. The lowest BCUT2D eigenvalue weighted by Gasteiger charge is -2.31. The zero-order valence-electron chi connectivity index (χ0n) is 17.9. The van der Waals surface area contributed by atoms with Crippen molar-refractivity contribution < 1.29 is 13.2 Å². The molecule has 0 aromatic heterocycles. The van der Waals surface area contributed by atoms with Crippen LogP contribution < -0.4 is 5.32 Å². The third-order valence-electron chi connectivity index (χ3n) is 5.85. The lowest BCUT2D eigenvalue weighted by Crippen LogP contribution is -2.44. The van der Waals surface area contributed by atoms with E-state index in [-0.39, 0.29) is 24.1 Å². The second-order valence-electron chi connectivity index (χ2n) is 8.05. The predicted molar refractivity (Wildman–Crippen MR) is 122 cm³/mol. The number of hydrogen-bond donors (Lipinski definition) is 1. The lowest BCUT2D eigenvalue weighted by molar-refractivity contribution is -0.120. The highest BCUT2D eigenvalue weighted by Crippen LogP contribution is 2.25. The molecule has 0 bridgehead atoms. The average molecular weight is 429 g/mol. The summed E-state index contributed by atoms with van der Waals surface area (Å²) in [5.74, 6) is -0.274. The summed E-state index contributed by atoms with van der Waals surface area (Å²) in [5, 5.41) is 3.08. The smallest absolute Gasteiger partial charge is 0.228 e. The normalized spacial score (nSPS) is 17.6. The number of piperidine rings is 1. The Morgan fingerprint density at radius 3 is 2.63 bits per heavy atom. The van der Waals surface area contributed by atoms with Gasteiger partial charge in [-0.1, -0.05) is 55.5 Å². The van der Waals surface area contributed by atoms with Gasteiger partial charge in [-0.25, -0.2) is 12.7 Å². The maximum absolute atomic E-state index is 12.9. The molecule has 0 radical (unpaired) electrons. The van der Waals surface area contributed by atoms with Crippen molar-refractivity contribution in [3.63, 3.8) is 0 Å². The van der Waals surface area contributed by atoms with E-state index < -0.39 is 10.0 Å². The summed E-state index contributed by atoms with van der Waals surface area (Å²) >= 11 is 0. The van der Waals surface area contributed by atoms with Gasteiger partial charge in [0, 0.05) is 18.8 Å². The zero-order chi connectivity index (χ0) is 21.6. The summed E-state index contributed by atoms with van der Waals surface area (Å²) in [4.78, 5) is 12.9. The molecule has 3 rings (SSSR count). The molecule has 0 spiro atoms. The van der Waals surface area contributed by atoms with E-state index in [0.29, 0.717) is 19.4 Å². The van der Waals surface area contributed by atoms with Crippen molar-refractivity contribution in [2.75, 3.05) is 24.2 Å². The number of carbonyl (C=O) groups excluding carboxylic acids is 1. The molecular formula is C24H32N2O3S. The van der Waals surface area contributed by atoms with Crippen LogP contribution in [0.25, 0.3) is 0 Å². The molecule has 6 heteroatoms. The molecule has 1 saturated heterocycles. The van der Waals surface area contributed by atoms with Crippen molar-refractivity contribution in [1.82, 2.24) is 4.31 Å². The molecule has 0 unspecified atom stereocenters. The number of aryl methyl sites for hydroxylation is 3. The van der Waals surface area contributed by atoms with Gasteiger partial charge >= 0.3 is 0 Å². The molecule has 1 heterocycles. The number of anilines is 1. The van der Waals surface area contributed by atoms with Gasteiger partial charge in [0.05, 0.1) is 11.7 Å². The monoisotopic (exact) mass is 428 g/mol. The molecule has 162 valence electrons. The van der Waals surface area contributed by atoms with Gasteiger partial charge in [0.25, 0.3) is 0 Å². The Balaban J connectivity index is 1.59. The van der Waals surface area contributed by atoms with Gasteiger partial charge in [0.15, 0.2) is 0 Å². The Morgan fingerprint density at radius 2 is 1.90 bits per heavy atom. The predicted octanol–water partition coefficient (Wildman–Crippen LogP) is 4.17. The topological polar surface area (TPSA) is 66.5 Å². The molecular weight excluding hydrogens is 396 g/mol. The highest BCUT2D eigenvalue weighted by molar-refractivity contribution is 7.89. The number of rotatable bonds is 8.